The molecule has 0 amide bonds. The molecule has 0 unspecified atom stereocenters. The fourth-order valence-corrected chi connectivity index (χ4v) is 1.65. The number of aromatic hydroxyl groups is 1. The monoisotopic (exact) mass is 304 g/mol. The number of hydrogen-bond acceptors (Lipinski definition) is 7. The maximum Gasteiger partial charge on any atom is 0.344 e. The topological polar surface area (TPSA) is 133 Å². The number of phenolic OH excluding ortho intramolecular Hbond substituents is 1. The molecule has 22 heavy (non-hydrogen) atoms. The Balaban J connectivity index is 2.33. The number of nitro benzene ring substituents is 2. The van der Waals surface area contributed by atoms with Gasteiger partial charge in [-0.1, -0.05) is 12.1 Å². The van der Waals surface area contributed by atoms with Crippen LogP contribution in [-0.4, -0.2) is 20.9 Å². The first-order valence-corrected chi connectivity index (χ1v) is 5.83. The lowest BCUT2D eigenvalue weighted by Gasteiger charge is -2.05. The van der Waals surface area contributed by atoms with Crippen molar-refractivity contribution >= 4 is 17.3 Å². The quantitative estimate of drug-likeness (QED) is 0.397. The summed E-state index contributed by atoms with van der Waals surface area (Å²) >= 11 is 0. The fourth-order valence-electron chi connectivity index (χ4n) is 1.65. The van der Waals surface area contributed by atoms with E-state index in [1.807, 2.05) is 0 Å². The number of phenols is 1. The van der Waals surface area contributed by atoms with E-state index in [9.17, 15) is 30.1 Å². The summed E-state index contributed by atoms with van der Waals surface area (Å²) in [5.74, 6) is -1.90. The first-order valence-electron chi connectivity index (χ1n) is 5.83. The zero-order valence-electron chi connectivity index (χ0n) is 10.8. The van der Waals surface area contributed by atoms with Crippen LogP contribution in [0.25, 0.3) is 0 Å². The lowest BCUT2D eigenvalue weighted by molar-refractivity contribution is -0.385. The van der Waals surface area contributed by atoms with Crippen LogP contribution in [0.15, 0.2) is 42.5 Å². The molecular weight excluding hydrogens is 296 g/mol. The van der Waals surface area contributed by atoms with Crippen LogP contribution in [0.1, 0.15) is 10.4 Å². The van der Waals surface area contributed by atoms with Gasteiger partial charge in [0.05, 0.1) is 15.4 Å². The van der Waals surface area contributed by atoms with E-state index in [1.165, 1.54) is 18.2 Å². The number of nitro groups is 2. The van der Waals surface area contributed by atoms with Gasteiger partial charge >= 0.3 is 17.3 Å². The van der Waals surface area contributed by atoms with Crippen molar-refractivity contribution in [3.63, 3.8) is 0 Å². The summed E-state index contributed by atoms with van der Waals surface area (Å²) in [7, 11) is 0. The number of nitrogens with zero attached hydrogens (tertiary/aromatic N) is 2. The minimum absolute atomic E-state index is 0.220. The number of esters is 1. The average Bonchev–Trinajstić information content (AvgIpc) is 2.47. The van der Waals surface area contributed by atoms with E-state index in [4.69, 9.17) is 4.74 Å². The van der Waals surface area contributed by atoms with Gasteiger partial charge in [0.15, 0.2) is 5.75 Å². The van der Waals surface area contributed by atoms with Crippen molar-refractivity contribution in [2.24, 2.45) is 0 Å². The van der Waals surface area contributed by atoms with Crippen molar-refractivity contribution in [2.45, 2.75) is 0 Å². The number of carbonyl (C=O) groups is 1. The highest BCUT2D eigenvalue weighted by Crippen LogP contribution is 2.29. The van der Waals surface area contributed by atoms with Crippen LogP contribution in [0, 0.1) is 20.2 Å². The van der Waals surface area contributed by atoms with Crippen LogP contribution < -0.4 is 4.74 Å². The van der Waals surface area contributed by atoms with E-state index in [2.05, 4.69) is 0 Å². The molecule has 0 radical (unpaired) electrons. The third kappa shape index (κ3) is 2.98. The molecular formula is C13H8N2O7. The fraction of sp³-hybridized carbons (Fsp3) is 0. The highest BCUT2D eigenvalue weighted by Gasteiger charge is 2.21. The van der Waals surface area contributed by atoms with Gasteiger partial charge < -0.3 is 9.84 Å². The Bertz CT molecular complexity index is 773. The van der Waals surface area contributed by atoms with Gasteiger partial charge in [0, 0.05) is 12.1 Å². The van der Waals surface area contributed by atoms with Crippen LogP contribution in [0.2, 0.25) is 0 Å². The van der Waals surface area contributed by atoms with Crippen LogP contribution >= 0.6 is 0 Å². The van der Waals surface area contributed by atoms with Crippen molar-refractivity contribution in [3.8, 4) is 11.5 Å². The lowest BCUT2D eigenvalue weighted by atomic mass is 10.2. The van der Waals surface area contributed by atoms with Crippen LogP contribution in [0.4, 0.5) is 11.4 Å². The summed E-state index contributed by atoms with van der Waals surface area (Å²) in [6.45, 7) is 0. The second kappa shape index (κ2) is 5.87. The smallest absolute Gasteiger partial charge is 0.344 e. The summed E-state index contributed by atoms with van der Waals surface area (Å²) in [5.41, 5.74) is -1.30. The number of benzene rings is 2. The Kier molecular flexibility index (Phi) is 3.98. The van der Waals surface area contributed by atoms with Crippen molar-refractivity contribution in [1.29, 1.82) is 0 Å². The molecule has 9 nitrogen and oxygen atoms in total. The summed E-state index contributed by atoms with van der Waals surface area (Å²) < 4.78 is 4.88. The summed E-state index contributed by atoms with van der Waals surface area (Å²) in [6, 6.07) is 8.13. The molecule has 0 aliphatic rings. The molecule has 0 saturated heterocycles. The van der Waals surface area contributed by atoms with Crippen molar-refractivity contribution in [2.75, 3.05) is 0 Å². The van der Waals surface area contributed by atoms with E-state index >= 15 is 0 Å². The highest BCUT2D eigenvalue weighted by atomic mass is 16.6. The first kappa shape index (κ1) is 14.9. The molecule has 0 spiro atoms. The third-order valence-electron chi connectivity index (χ3n) is 2.67. The van der Waals surface area contributed by atoms with Crippen molar-refractivity contribution in [1.82, 2.24) is 0 Å². The van der Waals surface area contributed by atoms with Gasteiger partial charge in [0.2, 0.25) is 5.75 Å². The predicted octanol–water partition coefficient (Wildman–Crippen LogP) is 2.43. The van der Waals surface area contributed by atoms with Gasteiger partial charge in [0.1, 0.15) is 0 Å². The molecule has 0 bridgehead atoms. The highest BCUT2D eigenvalue weighted by molar-refractivity contribution is 5.92. The zero-order valence-corrected chi connectivity index (χ0v) is 10.8. The number of ether oxygens (including phenoxy) is 1. The van der Waals surface area contributed by atoms with Gasteiger partial charge in [-0.3, -0.25) is 20.2 Å². The molecule has 2 aromatic rings. The zero-order chi connectivity index (χ0) is 16.3. The van der Waals surface area contributed by atoms with Crippen LogP contribution in [0.5, 0.6) is 11.5 Å². The lowest BCUT2D eigenvalue weighted by Crippen LogP contribution is -2.10. The molecule has 0 fully saturated rings. The van der Waals surface area contributed by atoms with E-state index < -0.39 is 32.9 Å². The average molecular weight is 304 g/mol. The number of para-hydroxylation sites is 2. The summed E-state index contributed by atoms with van der Waals surface area (Å²) in [6.07, 6.45) is 0. The molecule has 0 heterocycles. The summed E-state index contributed by atoms with van der Waals surface area (Å²) in [4.78, 5) is 31.9. The first-order chi connectivity index (χ1) is 10.4. The number of hydrogen-bond donors (Lipinski definition) is 1. The van der Waals surface area contributed by atoms with E-state index in [1.54, 1.807) is 0 Å². The molecule has 0 aliphatic heterocycles. The number of rotatable bonds is 4. The van der Waals surface area contributed by atoms with Gasteiger partial charge in [-0.25, -0.2) is 4.79 Å². The molecule has 0 atom stereocenters. The molecule has 9 heteroatoms. The second-order valence-electron chi connectivity index (χ2n) is 4.07. The molecule has 0 aromatic heterocycles. The Labute approximate surface area is 122 Å². The SMILES string of the molecule is O=C(Oc1ccccc1[N+](=O)[O-])c1ccc(O)c([N+](=O)[O-])c1. The Morgan fingerprint density at radius 1 is 1.00 bits per heavy atom. The van der Waals surface area contributed by atoms with Gasteiger partial charge in [-0.05, 0) is 18.2 Å². The molecule has 0 saturated carbocycles. The maximum atomic E-state index is 11.9. The molecule has 1 N–H and O–H groups in total. The van der Waals surface area contributed by atoms with E-state index in [0.717, 1.165) is 24.3 Å². The second-order valence-corrected chi connectivity index (χ2v) is 4.07. The van der Waals surface area contributed by atoms with E-state index in [-0.39, 0.29) is 11.3 Å². The Morgan fingerprint density at radius 3 is 2.27 bits per heavy atom. The Morgan fingerprint density at radius 2 is 1.64 bits per heavy atom. The van der Waals surface area contributed by atoms with E-state index in [0.29, 0.717) is 0 Å². The maximum absolute atomic E-state index is 11.9. The normalized spacial score (nSPS) is 10.0. The van der Waals surface area contributed by atoms with Crippen molar-refractivity contribution < 1.29 is 24.5 Å². The van der Waals surface area contributed by atoms with Gasteiger partial charge in [0.25, 0.3) is 0 Å². The predicted molar refractivity (Wildman–Crippen MR) is 72.8 cm³/mol. The van der Waals surface area contributed by atoms with Gasteiger partial charge in [-0.15, -0.1) is 0 Å². The van der Waals surface area contributed by atoms with Gasteiger partial charge in [-0.2, -0.15) is 0 Å². The minimum atomic E-state index is -1.02. The third-order valence-corrected chi connectivity index (χ3v) is 2.67. The molecule has 2 rings (SSSR count). The molecule has 112 valence electrons. The number of carbonyl (C=O) groups excluding carboxylic acids is 1. The standard InChI is InChI=1S/C13H8N2O7/c16-11-6-5-8(7-10(11)15(20)21)13(17)22-12-4-2-1-3-9(12)14(18)19/h1-7,16H. The van der Waals surface area contributed by atoms with Crippen LogP contribution in [-0.2, 0) is 0 Å². The van der Waals surface area contributed by atoms with Crippen molar-refractivity contribution in [3.05, 3.63) is 68.3 Å². The minimum Gasteiger partial charge on any atom is -0.502 e. The summed E-state index contributed by atoms with van der Waals surface area (Å²) in [5, 5.41) is 30.8. The largest absolute Gasteiger partial charge is 0.502 e. The molecule has 0 aliphatic carbocycles. The molecule has 2 aromatic carbocycles. The Hall–Kier alpha value is -3.49. The van der Waals surface area contributed by atoms with Crippen LogP contribution in [0.3, 0.4) is 0 Å².